The van der Waals surface area contributed by atoms with Crippen LogP contribution in [0.25, 0.3) is 11.3 Å². The molecule has 6 nitrogen and oxygen atoms in total. The van der Waals surface area contributed by atoms with Crippen LogP contribution in [0.15, 0.2) is 30.5 Å². The predicted octanol–water partition coefficient (Wildman–Crippen LogP) is 3.75. The largest absolute Gasteiger partial charge is 0.496 e. The summed E-state index contributed by atoms with van der Waals surface area (Å²) in [6, 6.07) is 5.79. The molecule has 1 aliphatic carbocycles. The molecular formula is C18H21FN4O2. The maximum absolute atomic E-state index is 13.3. The number of nitrogens with zero attached hydrogens (tertiary/aromatic N) is 2. The molecule has 0 radical (unpaired) electrons. The summed E-state index contributed by atoms with van der Waals surface area (Å²) in [4.78, 5) is 20.5. The highest BCUT2D eigenvalue weighted by atomic mass is 19.1. The molecule has 0 unspecified atom stereocenters. The zero-order chi connectivity index (χ0) is 17.6. The second-order valence-corrected chi connectivity index (χ2v) is 6.04. The Morgan fingerprint density at radius 3 is 2.80 bits per heavy atom. The molecule has 1 saturated carbocycles. The standard InChI is InChI=1S/C18H21FN4O2/c1-25-16-11-12(19)7-8-14(16)15-9-10-20-17(22-15)23-18(24)21-13-5-3-2-4-6-13/h7-11,13H,2-6H2,1H3,(H2,20,21,22,23,24). The molecule has 0 saturated heterocycles. The lowest BCUT2D eigenvalue weighted by Gasteiger charge is -2.22. The fourth-order valence-electron chi connectivity index (χ4n) is 3.02. The van der Waals surface area contributed by atoms with Gasteiger partial charge in [-0.15, -0.1) is 0 Å². The molecule has 1 fully saturated rings. The summed E-state index contributed by atoms with van der Waals surface area (Å²) in [5, 5.41) is 5.61. The van der Waals surface area contributed by atoms with Crippen LogP contribution in [-0.2, 0) is 0 Å². The molecule has 1 aromatic heterocycles. The number of hydrogen-bond acceptors (Lipinski definition) is 4. The molecule has 1 aromatic carbocycles. The number of nitrogens with one attached hydrogen (secondary N) is 2. The van der Waals surface area contributed by atoms with Crippen LogP contribution in [0.2, 0.25) is 0 Å². The summed E-state index contributed by atoms with van der Waals surface area (Å²) >= 11 is 0. The van der Waals surface area contributed by atoms with Crippen LogP contribution in [0.1, 0.15) is 32.1 Å². The molecule has 2 aromatic rings. The Kier molecular flexibility index (Phi) is 5.42. The van der Waals surface area contributed by atoms with Crippen LogP contribution in [0.4, 0.5) is 15.1 Å². The SMILES string of the molecule is COc1cc(F)ccc1-c1ccnc(NC(=O)NC2CCCCC2)n1. The predicted molar refractivity (Wildman–Crippen MR) is 93.0 cm³/mol. The van der Waals surface area contributed by atoms with Gasteiger partial charge in [-0.1, -0.05) is 19.3 Å². The van der Waals surface area contributed by atoms with Crippen molar-refractivity contribution in [3.8, 4) is 17.0 Å². The average Bonchev–Trinajstić information content (AvgIpc) is 2.62. The zero-order valence-electron chi connectivity index (χ0n) is 14.1. The molecular weight excluding hydrogens is 323 g/mol. The van der Waals surface area contributed by atoms with E-state index < -0.39 is 0 Å². The summed E-state index contributed by atoms with van der Waals surface area (Å²) in [5.41, 5.74) is 1.17. The summed E-state index contributed by atoms with van der Waals surface area (Å²) in [7, 11) is 1.47. The molecule has 132 valence electrons. The number of rotatable bonds is 4. The summed E-state index contributed by atoms with van der Waals surface area (Å²) in [5.74, 6) is 0.174. The molecule has 1 heterocycles. The van der Waals surface area contributed by atoms with Crippen LogP contribution in [0, 0.1) is 5.82 Å². The van der Waals surface area contributed by atoms with Crippen LogP contribution >= 0.6 is 0 Å². The first kappa shape index (κ1) is 17.1. The van der Waals surface area contributed by atoms with Gasteiger partial charge in [-0.25, -0.2) is 19.2 Å². The Bertz CT molecular complexity index is 748. The van der Waals surface area contributed by atoms with Crippen molar-refractivity contribution in [2.24, 2.45) is 0 Å². The third-order valence-electron chi connectivity index (χ3n) is 4.26. The lowest BCUT2D eigenvalue weighted by Crippen LogP contribution is -2.39. The normalized spacial score (nSPS) is 14.8. The van der Waals surface area contributed by atoms with Crippen LogP contribution < -0.4 is 15.4 Å². The quantitative estimate of drug-likeness (QED) is 0.886. The van der Waals surface area contributed by atoms with Gasteiger partial charge in [0.05, 0.1) is 12.8 Å². The van der Waals surface area contributed by atoms with Crippen molar-refractivity contribution < 1.29 is 13.9 Å². The highest BCUT2D eigenvalue weighted by Gasteiger charge is 2.16. The lowest BCUT2D eigenvalue weighted by atomic mass is 9.96. The van der Waals surface area contributed by atoms with Crippen molar-refractivity contribution in [2.75, 3.05) is 12.4 Å². The Balaban J connectivity index is 1.72. The van der Waals surface area contributed by atoms with Crippen molar-refractivity contribution in [1.29, 1.82) is 0 Å². The number of carbonyl (C=O) groups is 1. The summed E-state index contributed by atoms with van der Waals surface area (Å²) in [6.45, 7) is 0. The van der Waals surface area contributed by atoms with Gasteiger partial charge in [0.25, 0.3) is 0 Å². The van der Waals surface area contributed by atoms with Crippen molar-refractivity contribution in [2.45, 2.75) is 38.1 Å². The summed E-state index contributed by atoms with van der Waals surface area (Å²) < 4.78 is 18.5. The molecule has 2 amide bonds. The maximum atomic E-state index is 13.3. The monoisotopic (exact) mass is 344 g/mol. The van der Waals surface area contributed by atoms with E-state index in [1.165, 1.54) is 25.7 Å². The number of carbonyl (C=O) groups excluding carboxylic acids is 1. The maximum Gasteiger partial charge on any atom is 0.321 e. The second-order valence-electron chi connectivity index (χ2n) is 6.04. The first-order chi connectivity index (χ1) is 12.2. The Morgan fingerprint density at radius 2 is 2.04 bits per heavy atom. The number of anilines is 1. The van der Waals surface area contributed by atoms with Gasteiger partial charge in [0.1, 0.15) is 11.6 Å². The van der Waals surface area contributed by atoms with E-state index in [1.54, 1.807) is 18.3 Å². The molecule has 0 atom stereocenters. The number of benzene rings is 1. The highest BCUT2D eigenvalue weighted by molar-refractivity contribution is 5.87. The first-order valence-corrected chi connectivity index (χ1v) is 8.40. The topological polar surface area (TPSA) is 76.1 Å². The van der Waals surface area contributed by atoms with Gasteiger partial charge < -0.3 is 10.1 Å². The molecule has 25 heavy (non-hydrogen) atoms. The fourth-order valence-corrected chi connectivity index (χ4v) is 3.02. The molecule has 0 bridgehead atoms. The van der Waals surface area contributed by atoms with E-state index in [0.717, 1.165) is 25.7 Å². The second kappa shape index (κ2) is 7.92. The van der Waals surface area contributed by atoms with E-state index in [9.17, 15) is 9.18 Å². The minimum absolute atomic E-state index is 0.192. The Labute approximate surface area is 145 Å². The van der Waals surface area contributed by atoms with Crippen molar-refractivity contribution in [3.05, 3.63) is 36.3 Å². The molecule has 2 N–H and O–H groups in total. The fraction of sp³-hybridized carbons (Fsp3) is 0.389. The van der Waals surface area contributed by atoms with Gasteiger partial charge in [0.15, 0.2) is 0 Å². The molecule has 0 aliphatic heterocycles. The van der Waals surface area contributed by atoms with Crippen LogP contribution in [0.3, 0.4) is 0 Å². The van der Waals surface area contributed by atoms with Crippen LogP contribution in [0.5, 0.6) is 5.75 Å². The van der Waals surface area contributed by atoms with E-state index in [4.69, 9.17) is 4.74 Å². The number of aromatic nitrogens is 2. The molecule has 1 aliphatic rings. The number of hydrogen-bond donors (Lipinski definition) is 2. The Morgan fingerprint density at radius 1 is 1.24 bits per heavy atom. The third-order valence-corrected chi connectivity index (χ3v) is 4.26. The van der Waals surface area contributed by atoms with Crippen molar-refractivity contribution >= 4 is 12.0 Å². The van der Waals surface area contributed by atoms with Gasteiger partial charge >= 0.3 is 6.03 Å². The van der Waals surface area contributed by atoms with Gasteiger partial charge in [0.2, 0.25) is 5.95 Å². The van der Waals surface area contributed by atoms with E-state index in [2.05, 4.69) is 20.6 Å². The number of ether oxygens (including phenoxy) is 1. The van der Waals surface area contributed by atoms with Crippen molar-refractivity contribution in [1.82, 2.24) is 15.3 Å². The number of halogens is 1. The van der Waals surface area contributed by atoms with Gasteiger partial charge in [-0.05, 0) is 31.0 Å². The van der Waals surface area contributed by atoms with Gasteiger partial charge in [-0.3, -0.25) is 5.32 Å². The van der Waals surface area contributed by atoms with E-state index in [1.807, 2.05) is 0 Å². The average molecular weight is 344 g/mol. The minimum atomic E-state index is -0.389. The number of urea groups is 1. The highest BCUT2D eigenvalue weighted by Crippen LogP contribution is 2.29. The van der Waals surface area contributed by atoms with E-state index in [0.29, 0.717) is 17.0 Å². The minimum Gasteiger partial charge on any atom is -0.496 e. The molecule has 0 spiro atoms. The molecule has 3 rings (SSSR count). The van der Waals surface area contributed by atoms with Crippen LogP contribution in [-0.4, -0.2) is 29.2 Å². The Hall–Kier alpha value is -2.70. The van der Waals surface area contributed by atoms with Gasteiger partial charge in [0, 0.05) is 23.9 Å². The summed E-state index contributed by atoms with van der Waals surface area (Å²) in [6.07, 6.45) is 7.05. The zero-order valence-corrected chi connectivity index (χ0v) is 14.1. The van der Waals surface area contributed by atoms with E-state index in [-0.39, 0.29) is 23.8 Å². The third kappa shape index (κ3) is 4.43. The number of amides is 2. The first-order valence-electron chi connectivity index (χ1n) is 8.40. The van der Waals surface area contributed by atoms with Crippen molar-refractivity contribution in [3.63, 3.8) is 0 Å². The molecule has 7 heteroatoms. The van der Waals surface area contributed by atoms with E-state index >= 15 is 0 Å². The number of methoxy groups -OCH3 is 1. The van der Waals surface area contributed by atoms with Gasteiger partial charge in [-0.2, -0.15) is 0 Å². The lowest BCUT2D eigenvalue weighted by molar-refractivity contribution is 0.244. The smallest absolute Gasteiger partial charge is 0.321 e.